The largest absolute Gasteiger partial charge is 0.369 e. The molecule has 1 aliphatic rings. The first kappa shape index (κ1) is 13.5. The normalized spacial score (nSPS) is 14.1. The highest BCUT2D eigenvalue weighted by Gasteiger charge is 2.24. The average molecular weight is 309 g/mol. The Morgan fingerprint density at radius 1 is 0.909 bits per heavy atom. The first-order valence-corrected chi connectivity index (χ1v) is 7.53. The van der Waals surface area contributed by atoms with Crippen LogP contribution in [0.25, 0.3) is 21.9 Å². The van der Waals surface area contributed by atoms with Crippen LogP contribution in [0.2, 0.25) is 5.02 Å². The molecule has 0 radical (unpaired) electrons. The smallest absolute Gasteiger partial charge is 0.189 e. The Bertz CT molecular complexity index is 885. The van der Waals surface area contributed by atoms with Gasteiger partial charge in [0.1, 0.15) is 6.61 Å². The van der Waals surface area contributed by atoms with Crippen molar-refractivity contribution in [2.24, 2.45) is 0 Å². The number of benzene rings is 3. The van der Waals surface area contributed by atoms with Crippen molar-refractivity contribution in [2.45, 2.75) is 6.61 Å². The summed E-state index contributed by atoms with van der Waals surface area (Å²) in [6.45, 7) is 0.610. The predicted octanol–water partition coefficient (Wildman–Crippen LogP) is 4.87. The van der Waals surface area contributed by atoms with Crippen molar-refractivity contribution in [3.63, 3.8) is 0 Å². The van der Waals surface area contributed by atoms with Gasteiger partial charge in [0.25, 0.3) is 0 Å². The maximum atomic E-state index is 12.5. The zero-order chi connectivity index (χ0) is 15.1. The lowest BCUT2D eigenvalue weighted by atomic mass is 9.87. The third-order valence-corrected chi connectivity index (χ3v) is 4.25. The summed E-state index contributed by atoms with van der Waals surface area (Å²) in [5, 5.41) is 2.75. The molecule has 3 heteroatoms. The molecule has 0 atom stereocenters. The molecule has 3 aromatic rings. The third-order valence-electron chi connectivity index (χ3n) is 4.02. The van der Waals surface area contributed by atoms with Crippen molar-refractivity contribution >= 4 is 28.2 Å². The highest BCUT2D eigenvalue weighted by Crippen LogP contribution is 2.37. The zero-order valence-corrected chi connectivity index (χ0v) is 12.6. The number of ether oxygens (including phenoxy) is 1. The first-order chi connectivity index (χ1) is 10.7. The molecule has 0 saturated heterocycles. The van der Waals surface area contributed by atoms with Crippen LogP contribution in [0.4, 0.5) is 0 Å². The molecule has 0 spiro atoms. The lowest BCUT2D eigenvalue weighted by Gasteiger charge is -2.21. The van der Waals surface area contributed by atoms with Gasteiger partial charge in [-0.3, -0.25) is 4.79 Å². The molecule has 22 heavy (non-hydrogen) atoms. The molecule has 4 rings (SSSR count). The maximum absolute atomic E-state index is 12.5. The standard InChI is InChI=1S/C19H13ClO2/c20-15-7-6-13-8-14-10-22-11-17(21)19(14)18(16(13)9-15)12-4-2-1-3-5-12/h1-9H,10-11H2. The second kappa shape index (κ2) is 5.24. The molecule has 1 heterocycles. The molecule has 0 unspecified atom stereocenters. The Balaban J connectivity index is 2.16. The quantitative estimate of drug-likeness (QED) is 0.641. The number of carbonyl (C=O) groups is 1. The van der Waals surface area contributed by atoms with E-state index in [0.29, 0.717) is 11.6 Å². The summed E-state index contributed by atoms with van der Waals surface area (Å²) in [5.74, 6) is 0.0296. The van der Waals surface area contributed by atoms with Gasteiger partial charge in [-0.15, -0.1) is 0 Å². The molecule has 0 amide bonds. The minimum absolute atomic E-state index is 0.0296. The molecule has 1 aliphatic heterocycles. The van der Waals surface area contributed by atoms with Crippen LogP contribution in [-0.4, -0.2) is 12.4 Å². The number of carbonyl (C=O) groups excluding carboxylic acids is 1. The number of fused-ring (bicyclic) bond motifs is 2. The van der Waals surface area contributed by atoms with E-state index in [4.69, 9.17) is 16.3 Å². The molecule has 3 aromatic carbocycles. The number of Topliss-reactive ketones (excluding diaryl/α,β-unsaturated/α-hetero) is 1. The number of hydrogen-bond donors (Lipinski definition) is 0. The first-order valence-electron chi connectivity index (χ1n) is 7.15. The maximum Gasteiger partial charge on any atom is 0.189 e. The number of halogens is 1. The lowest BCUT2D eigenvalue weighted by molar-refractivity contribution is 0.0667. The van der Waals surface area contributed by atoms with Crippen LogP contribution in [0.1, 0.15) is 15.9 Å². The third kappa shape index (κ3) is 2.12. The molecule has 2 nitrogen and oxygen atoms in total. The van der Waals surface area contributed by atoms with E-state index < -0.39 is 0 Å². The second-order valence-corrected chi connectivity index (χ2v) is 5.87. The van der Waals surface area contributed by atoms with Gasteiger partial charge in [-0.2, -0.15) is 0 Å². The van der Waals surface area contributed by atoms with Crippen molar-refractivity contribution < 1.29 is 9.53 Å². The topological polar surface area (TPSA) is 26.3 Å². The van der Waals surface area contributed by atoms with E-state index in [2.05, 4.69) is 0 Å². The van der Waals surface area contributed by atoms with E-state index in [9.17, 15) is 4.79 Å². The number of hydrogen-bond acceptors (Lipinski definition) is 2. The van der Waals surface area contributed by atoms with Crippen LogP contribution in [-0.2, 0) is 11.3 Å². The number of ketones is 1. The number of rotatable bonds is 1. The highest BCUT2D eigenvalue weighted by molar-refractivity contribution is 6.31. The summed E-state index contributed by atoms with van der Waals surface area (Å²) in [5.41, 5.74) is 3.71. The van der Waals surface area contributed by atoms with E-state index in [1.54, 1.807) is 0 Å². The highest BCUT2D eigenvalue weighted by atomic mass is 35.5. The molecule has 0 aromatic heterocycles. The van der Waals surface area contributed by atoms with Crippen molar-refractivity contribution in [1.29, 1.82) is 0 Å². The van der Waals surface area contributed by atoms with Crippen LogP contribution >= 0.6 is 11.6 Å². The second-order valence-electron chi connectivity index (χ2n) is 5.43. The van der Waals surface area contributed by atoms with E-state index in [0.717, 1.165) is 33.0 Å². The van der Waals surface area contributed by atoms with E-state index in [-0.39, 0.29) is 12.4 Å². The van der Waals surface area contributed by atoms with Gasteiger partial charge >= 0.3 is 0 Å². The van der Waals surface area contributed by atoms with E-state index in [1.807, 2.05) is 54.6 Å². The molecule has 0 fully saturated rings. The van der Waals surface area contributed by atoms with Crippen LogP contribution in [0.5, 0.6) is 0 Å². The minimum Gasteiger partial charge on any atom is -0.369 e. The van der Waals surface area contributed by atoms with Gasteiger partial charge in [0.15, 0.2) is 5.78 Å². The van der Waals surface area contributed by atoms with Crippen LogP contribution in [0.15, 0.2) is 54.6 Å². The molecule has 108 valence electrons. The van der Waals surface area contributed by atoms with Gasteiger partial charge in [0, 0.05) is 16.1 Å². The van der Waals surface area contributed by atoms with Crippen molar-refractivity contribution in [3.8, 4) is 11.1 Å². The summed E-state index contributed by atoms with van der Waals surface area (Å²) in [7, 11) is 0. The zero-order valence-electron chi connectivity index (χ0n) is 11.8. The monoisotopic (exact) mass is 308 g/mol. The predicted molar refractivity (Wildman–Crippen MR) is 88.4 cm³/mol. The van der Waals surface area contributed by atoms with Gasteiger partial charge in [-0.05, 0) is 40.1 Å². The molecular weight excluding hydrogens is 296 g/mol. The fourth-order valence-electron chi connectivity index (χ4n) is 3.09. The fourth-order valence-corrected chi connectivity index (χ4v) is 3.26. The molecule has 0 aliphatic carbocycles. The van der Waals surface area contributed by atoms with Gasteiger partial charge in [-0.25, -0.2) is 0 Å². The van der Waals surface area contributed by atoms with Crippen LogP contribution in [0, 0.1) is 0 Å². The van der Waals surface area contributed by atoms with Gasteiger partial charge < -0.3 is 4.74 Å². The van der Waals surface area contributed by atoms with E-state index >= 15 is 0 Å². The minimum atomic E-state index is 0.0296. The Labute approximate surface area is 133 Å². The lowest BCUT2D eigenvalue weighted by Crippen LogP contribution is -2.19. The van der Waals surface area contributed by atoms with Gasteiger partial charge in [0.2, 0.25) is 0 Å². The van der Waals surface area contributed by atoms with Gasteiger partial charge in [0.05, 0.1) is 6.61 Å². The van der Waals surface area contributed by atoms with Crippen molar-refractivity contribution in [3.05, 3.63) is 70.7 Å². The van der Waals surface area contributed by atoms with Crippen molar-refractivity contribution in [1.82, 2.24) is 0 Å². The summed E-state index contributed by atoms with van der Waals surface area (Å²) < 4.78 is 5.40. The van der Waals surface area contributed by atoms with Crippen molar-refractivity contribution in [2.75, 3.05) is 6.61 Å². The average Bonchev–Trinajstić information content (AvgIpc) is 2.54. The van der Waals surface area contributed by atoms with Gasteiger partial charge in [-0.1, -0.05) is 48.0 Å². The Hall–Kier alpha value is -2.16. The summed E-state index contributed by atoms with van der Waals surface area (Å²) in [6, 6.07) is 17.8. The molecule has 0 saturated carbocycles. The Morgan fingerprint density at radius 3 is 2.55 bits per heavy atom. The molecule has 0 bridgehead atoms. The SMILES string of the molecule is O=C1COCc2cc3ccc(Cl)cc3c(-c3ccccc3)c21. The summed E-state index contributed by atoms with van der Waals surface area (Å²) in [6.07, 6.45) is 0. The van der Waals surface area contributed by atoms with E-state index in [1.165, 1.54) is 0 Å². The molecule has 0 N–H and O–H groups in total. The fraction of sp³-hybridized carbons (Fsp3) is 0.105. The van der Waals surface area contributed by atoms with Crippen LogP contribution < -0.4 is 0 Å². The Kier molecular flexibility index (Phi) is 3.21. The summed E-state index contributed by atoms with van der Waals surface area (Å²) in [4.78, 5) is 12.5. The summed E-state index contributed by atoms with van der Waals surface area (Å²) >= 11 is 6.19. The molecular formula is C19H13ClO2. The van der Waals surface area contributed by atoms with Crippen LogP contribution in [0.3, 0.4) is 0 Å². The Morgan fingerprint density at radius 2 is 1.73 bits per heavy atom.